The van der Waals surface area contributed by atoms with E-state index in [0.29, 0.717) is 18.7 Å². The van der Waals surface area contributed by atoms with Gasteiger partial charge in [0.25, 0.3) is 5.91 Å². The fourth-order valence-electron chi connectivity index (χ4n) is 2.93. The van der Waals surface area contributed by atoms with E-state index in [1.165, 1.54) is 0 Å². The topological polar surface area (TPSA) is 63.7 Å². The second kappa shape index (κ2) is 4.77. The van der Waals surface area contributed by atoms with Gasteiger partial charge in [-0.15, -0.1) is 0 Å². The van der Waals surface area contributed by atoms with Crippen molar-refractivity contribution in [3.05, 3.63) is 29.8 Å². The summed E-state index contributed by atoms with van der Waals surface area (Å²) in [4.78, 5) is 13.8. The van der Waals surface area contributed by atoms with Crippen molar-refractivity contribution in [1.29, 1.82) is 0 Å². The summed E-state index contributed by atoms with van der Waals surface area (Å²) < 4.78 is 28.8. The monoisotopic (exact) mass is 295 g/mol. The molecule has 5 nitrogen and oxygen atoms in total. The second-order valence-electron chi connectivity index (χ2n) is 5.49. The maximum atomic E-state index is 12.1. The lowest BCUT2D eigenvalue weighted by molar-refractivity contribution is -0.133. The van der Waals surface area contributed by atoms with Gasteiger partial charge in [0.2, 0.25) is 0 Å². The molecule has 108 valence electrons. The molecule has 2 unspecified atom stereocenters. The lowest BCUT2D eigenvalue weighted by atomic mass is 10.2. The van der Waals surface area contributed by atoms with Crippen molar-refractivity contribution in [3.63, 3.8) is 0 Å². The molecule has 0 spiro atoms. The lowest BCUT2D eigenvalue weighted by Crippen LogP contribution is -2.45. The third-order valence-electron chi connectivity index (χ3n) is 3.98. The number of rotatable bonds is 3. The Balaban J connectivity index is 1.59. The summed E-state index contributed by atoms with van der Waals surface area (Å²) in [6, 6.07) is 7.35. The molecule has 2 aliphatic heterocycles. The summed E-state index contributed by atoms with van der Waals surface area (Å²) >= 11 is 0. The number of likely N-dealkylation sites (tertiary alicyclic amines) is 1. The van der Waals surface area contributed by atoms with Crippen molar-refractivity contribution in [2.24, 2.45) is 0 Å². The third kappa shape index (κ3) is 2.40. The van der Waals surface area contributed by atoms with Gasteiger partial charge in [0.05, 0.1) is 11.0 Å². The van der Waals surface area contributed by atoms with Crippen LogP contribution >= 0.6 is 0 Å². The number of hydrogen-bond donors (Lipinski definition) is 0. The van der Waals surface area contributed by atoms with E-state index in [1.807, 2.05) is 25.1 Å². The van der Waals surface area contributed by atoms with Crippen LogP contribution in [0.4, 0.5) is 0 Å². The minimum Gasteiger partial charge on any atom is -0.484 e. The Labute approximate surface area is 118 Å². The van der Waals surface area contributed by atoms with Gasteiger partial charge in [0.1, 0.15) is 5.75 Å². The molecule has 20 heavy (non-hydrogen) atoms. The van der Waals surface area contributed by atoms with E-state index in [9.17, 15) is 13.2 Å². The molecular formula is C14H17NO4S. The Morgan fingerprint density at radius 2 is 2.25 bits per heavy atom. The molecule has 0 radical (unpaired) electrons. The van der Waals surface area contributed by atoms with Gasteiger partial charge >= 0.3 is 0 Å². The van der Waals surface area contributed by atoms with Crippen LogP contribution in [-0.2, 0) is 14.6 Å². The van der Waals surface area contributed by atoms with Crippen molar-refractivity contribution in [3.8, 4) is 5.75 Å². The molecule has 3 rings (SSSR count). The number of hydrogen-bond acceptors (Lipinski definition) is 4. The minimum atomic E-state index is -2.96. The van der Waals surface area contributed by atoms with Crippen molar-refractivity contribution >= 4 is 15.7 Å². The van der Waals surface area contributed by atoms with Gasteiger partial charge in [-0.1, -0.05) is 12.1 Å². The quantitative estimate of drug-likeness (QED) is 0.826. The Bertz CT molecular complexity index is 640. The number of nitrogens with zero attached hydrogens (tertiary/aromatic N) is 1. The molecule has 1 aromatic carbocycles. The summed E-state index contributed by atoms with van der Waals surface area (Å²) in [5.41, 5.74) is 1.07. The normalized spacial score (nSPS) is 26.8. The molecule has 2 atom stereocenters. The van der Waals surface area contributed by atoms with Gasteiger partial charge in [-0.2, -0.15) is 0 Å². The maximum absolute atomic E-state index is 12.1. The van der Waals surface area contributed by atoms with Crippen LogP contribution < -0.4 is 4.74 Å². The van der Waals surface area contributed by atoms with Crippen LogP contribution in [0.15, 0.2) is 24.3 Å². The molecule has 2 heterocycles. The van der Waals surface area contributed by atoms with E-state index in [2.05, 4.69) is 0 Å². The highest BCUT2D eigenvalue weighted by molar-refractivity contribution is 7.92. The molecular weight excluding hydrogens is 278 g/mol. The number of amides is 1. The van der Waals surface area contributed by atoms with Gasteiger partial charge in [-0.25, -0.2) is 8.42 Å². The van der Waals surface area contributed by atoms with Gasteiger partial charge in [0.15, 0.2) is 16.4 Å². The van der Waals surface area contributed by atoms with E-state index in [4.69, 9.17) is 4.74 Å². The first kappa shape index (κ1) is 13.4. The highest BCUT2D eigenvalue weighted by Gasteiger charge is 2.49. The van der Waals surface area contributed by atoms with E-state index in [1.54, 1.807) is 11.0 Å². The third-order valence-corrected chi connectivity index (χ3v) is 6.19. The summed E-state index contributed by atoms with van der Waals surface area (Å²) in [5, 5.41) is -0.365. The average Bonchev–Trinajstić information content (AvgIpc) is 2.91. The molecule has 1 amide bonds. The first-order valence-corrected chi connectivity index (χ1v) is 8.38. The van der Waals surface area contributed by atoms with Crippen molar-refractivity contribution in [1.82, 2.24) is 4.90 Å². The summed E-state index contributed by atoms with van der Waals surface area (Å²) in [5.74, 6) is 0.637. The van der Waals surface area contributed by atoms with Crippen LogP contribution in [0.25, 0.3) is 0 Å². The van der Waals surface area contributed by atoms with Gasteiger partial charge in [0, 0.05) is 12.6 Å². The average molecular weight is 295 g/mol. The molecule has 0 aromatic heterocycles. The highest BCUT2D eigenvalue weighted by atomic mass is 32.2. The molecule has 6 heteroatoms. The highest BCUT2D eigenvalue weighted by Crippen LogP contribution is 2.32. The number of carbonyl (C=O) groups is 1. The molecule has 1 aromatic rings. The first-order chi connectivity index (χ1) is 9.45. The molecule has 0 saturated carbocycles. The molecule has 0 N–H and O–H groups in total. The summed E-state index contributed by atoms with van der Waals surface area (Å²) in [7, 11) is -2.96. The summed E-state index contributed by atoms with van der Waals surface area (Å²) in [6.45, 7) is 2.24. The predicted molar refractivity (Wildman–Crippen MR) is 74.4 cm³/mol. The number of benzene rings is 1. The van der Waals surface area contributed by atoms with E-state index < -0.39 is 9.84 Å². The Morgan fingerprint density at radius 3 is 2.85 bits per heavy atom. The van der Waals surface area contributed by atoms with Crippen LogP contribution in [0.1, 0.15) is 12.0 Å². The molecule has 2 saturated heterocycles. The predicted octanol–water partition coefficient (Wildman–Crippen LogP) is 0.772. The number of fused-ring (bicyclic) bond motifs is 2. The Kier molecular flexibility index (Phi) is 3.20. The lowest BCUT2D eigenvalue weighted by Gasteiger charge is -2.26. The van der Waals surface area contributed by atoms with Crippen LogP contribution in [0, 0.1) is 6.92 Å². The second-order valence-corrected chi connectivity index (χ2v) is 7.82. The Hall–Kier alpha value is -1.56. The van der Waals surface area contributed by atoms with Crippen LogP contribution in [0.3, 0.4) is 0 Å². The molecule has 2 bridgehead atoms. The smallest absolute Gasteiger partial charge is 0.260 e. The van der Waals surface area contributed by atoms with E-state index in [0.717, 1.165) is 5.56 Å². The fraction of sp³-hybridized carbons (Fsp3) is 0.500. The zero-order valence-corrected chi connectivity index (χ0v) is 12.1. The van der Waals surface area contributed by atoms with E-state index >= 15 is 0 Å². The largest absolute Gasteiger partial charge is 0.484 e. The van der Waals surface area contributed by atoms with Crippen molar-refractivity contribution in [2.45, 2.75) is 24.6 Å². The van der Waals surface area contributed by atoms with Crippen LogP contribution in [-0.4, -0.2) is 49.4 Å². The van der Waals surface area contributed by atoms with Crippen LogP contribution in [0.5, 0.6) is 5.75 Å². The SMILES string of the molecule is Cc1cccc(OCC(=O)N2CC3CC2CS3(=O)=O)c1. The van der Waals surface area contributed by atoms with Crippen molar-refractivity contribution in [2.75, 3.05) is 18.9 Å². The molecule has 0 aliphatic carbocycles. The number of sulfone groups is 1. The zero-order valence-electron chi connectivity index (χ0n) is 11.3. The maximum Gasteiger partial charge on any atom is 0.260 e. The van der Waals surface area contributed by atoms with E-state index in [-0.39, 0.29) is 29.6 Å². The number of aryl methyl sites for hydroxylation is 1. The number of ether oxygens (including phenoxy) is 1. The standard InChI is InChI=1S/C14H17NO4S/c1-10-3-2-4-12(5-10)19-8-14(16)15-7-13-6-11(15)9-20(13,17)18/h2-5,11,13H,6-9H2,1H3. The fourth-order valence-corrected chi connectivity index (χ4v) is 4.96. The summed E-state index contributed by atoms with van der Waals surface area (Å²) in [6.07, 6.45) is 0.582. The van der Waals surface area contributed by atoms with Gasteiger partial charge < -0.3 is 9.64 Å². The van der Waals surface area contributed by atoms with Crippen molar-refractivity contribution < 1.29 is 17.9 Å². The van der Waals surface area contributed by atoms with Gasteiger partial charge in [-0.05, 0) is 31.0 Å². The van der Waals surface area contributed by atoms with Gasteiger partial charge in [-0.3, -0.25) is 4.79 Å². The molecule has 2 fully saturated rings. The van der Waals surface area contributed by atoms with Crippen LogP contribution in [0.2, 0.25) is 0 Å². The zero-order chi connectivity index (χ0) is 14.3. The number of carbonyl (C=O) groups excluding carboxylic acids is 1. The Morgan fingerprint density at radius 1 is 1.45 bits per heavy atom. The molecule has 2 aliphatic rings. The first-order valence-electron chi connectivity index (χ1n) is 6.66. The minimum absolute atomic E-state index is 0.0350.